The molecule has 1 aliphatic heterocycles. The smallest absolute Gasteiger partial charge is 0.430 e. The molecule has 0 amide bonds. The van der Waals surface area contributed by atoms with Crippen molar-refractivity contribution in [2.75, 3.05) is 6.61 Å². The van der Waals surface area contributed by atoms with Crippen LogP contribution < -0.4 is 0 Å². The molecule has 1 rings (SSSR count). The Labute approximate surface area is 58.1 Å². The van der Waals surface area contributed by atoms with Gasteiger partial charge in [0.15, 0.2) is 0 Å². The van der Waals surface area contributed by atoms with Gasteiger partial charge in [0.25, 0.3) is 0 Å². The normalized spacial score (nSPS) is 23.7. The molecule has 56 valence electrons. The molecule has 0 aliphatic carbocycles. The molecule has 0 aromatic carbocycles. The average Bonchev–Trinajstić information content (AvgIpc) is 2.13. The highest BCUT2D eigenvalue weighted by Crippen LogP contribution is 2.09. The molecular formula is C6H8O4. The van der Waals surface area contributed by atoms with Gasteiger partial charge in [-0.2, -0.15) is 0 Å². The third-order valence-corrected chi connectivity index (χ3v) is 1.17. The zero-order chi connectivity index (χ0) is 7.56. The van der Waals surface area contributed by atoms with Gasteiger partial charge >= 0.3 is 6.16 Å². The summed E-state index contributed by atoms with van der Waals surface area (Å²) in [6.07, 6.45) is -0.776. The highest BCUT2D eigenvalue weighted by atomic mass is 16.8. The Balaban J connectivity index is 2.31. The molecule has 0 aromatic heterocycles. The lowest BCUT2D eigenvalue weighted by Crippen LogP contribution is -2.13. The van der Waals surface area contributed by atoms with Crippen LogP contribution in [0.15, 0.2) is 0 Å². The fourth-order valence-electron chi connectivity index (χ4n) is 0.786. The number of cyclic esters (lactones) is 2. The van der Waals surface area contributed by atoms with Crippen LogP contribution in [-0.2, 0) is 14.3 Å². The number of ketones is 1. The van der Waals surface area contributed by atoms with Gasteiger partial charge < -0.3 is 9.47 Å². The molecule has 1 unspecified atom stereocenters. The summed E-state index contributed by atoms with van der Waals surface area (Å²) in [4.78, 5) is 20.7. The minimum atomic E-state index is -0.675. The molecule has 1 fully saturated rings. The maximum absolute atomic E-state index is 10.5. The molecule has 1 saturated heterocycles. The Morgan fingerprint density at radius 2 is 2.50 bits per heavy atom. The van der Waals surface area contributed by atoms with Crippen LogP contribution in [-0.4, -0.2) is 24.6 Å². The van der Waals surface area contributed by atoms with Crippen LogP contribution in [0, 0.1) is 0 Å². The maximum atomic E-state index is 10.5. The van der Waals surface area contributed by atoms with Crippen LogP contribution in [0.1, 0.15) is 13.3 Å². The molecule has 0 saturated carbocycles. The molecule has 0 bridgehead atoms. The van der Waals surface area contributed by atoms with E-state index < -0.39 is 6.16 Å². The molecule has 4 heteroatoms. The summed E-state index contributed by atoms with van der Waals surface area (Å²) < 4.78 is 9.04. The predicted octanol–water partition coefficient (Wildman–Crippen LogP) is 0.501. The van der Waals surface area contributed by atoms with Gasteiger partial charge in [0, 0.05) is 6.42 Å². The molecule has 0 spiro atoms. The summed E-state index contributed by atoms with van der Waals surface area (Å²) >= 11 is 0. The van der Waals surface area contributed by atoms with Gasteiger partial charge in [0.1, 0.15) is 18.5 Å². The molecule has 4 nitrogen and oxygen atoms in total. The third-order valence-electron chi connectivity index (χ3n) is 1.17. The van der Waals surface area contributed by atoms with Gasteiger partial charge in [0.05, 0.1) is 0 Å². The summed E-state index contributed by atoms with van der Waals surface area (Å²) in [6, 6.07) is 0. The summed E-state index contributed by atoms with van der Waals surface area (Å²) in [7, 11) is 0. The van der Waals surface area contributed by atoms with Gasteiger partial charge in [-0.3, -0.25) is 4.79 Å². The molecule has 1 atom stereocenters. The first kappa shape index (κ1) is 7.05. The summed E-state index contributed by atoms with van der Waals surface area (Å²) in [5.41, 5.74) is 0. The van der Waals surface area contributed by atoms with Crippen LogP contribution in [0.3, 0.4) is 0 Å². The Morgan fingerprint density at radius 1 is 1.80 bits per heavy atom. The van der Waals surface area contributed by atoms with E-state index >= 15 is 0 Å². The second kappa shape index (κ2) is 2.68. The number of carbonyl (C=O) groups is 2. The average molecular weight is 144 g/mol. The fourth-order valence-corrected chi connectivity index (χ4v) is 0.786. The van der Waals surface area contributed by atoms with E-state index in [9.17, 15) is 9.59 Å². The van der Waals surface area contributed by atoms with Crippen molar-refractivity contribution in [2.24, 2.45) is 0 Å². The van der Waals surface area contributed by atoms with E-state index in [1.807, 2.05) is 0 Å². The monoisotopic (exact) mass is 144 g/mol. The number of Topliss-reactive ketones (excluding diaryl/α,β-unsaturated/α-hetero) is 1. The molecule has 1 aliphatic rings. The van der Waals surface area contributed by atoms with E-state index in [1.165, 1.54) is 6.92 Å². The third kappa shape index (κ3) is 1.72. The quantitative estimate of drug-likeness (QED) is 0.529. The topological polar surface area (TPSA) is 52.6 Å². The zero-order valence-corrected chi connectivity index (χ0v) is 5.62. The van der Waals surface area contributed by atoms with E-state index in [0.29, 0.717) is 0 Å². The molecule has 0 aromatic rings. The summed E-state index contributed by atoms with van der Waals surface area (Å²) in [5.74, 6) is 0.00306. The molecule has 0 radical (unpaired) electrons. The van der Waals surface area contributed by atoms with Crippen molar-refractivity contribution in [3.8, 4) is 0 Å². The Bertz CT molecular complexity index is 163. The van der Waals surface area contributed by atoms with Crippen molar-refractivity contribution in [1.82, 2.24) is 0 Å². The van der Waals surface area contributed by atoms with Crippen molar-refractivity contribution < 1.29 is 19.1 Å². The van der Waals surface area contributed by atoms with Gasteiger partial charge in [-0.05, 0) is 6.92 Å². The SMILES string of the molecule is CC(=O)CC1COC(=O)O1. The van der Waals surface area contributed by atoms with E-state index in [2.05, 4.69) is 9.47 Å². The fraction of sp³-hybridized carbons (Fsp3) is 0.667. The lowest BCUT2D eigenvalue weighted by Gasteiger charge is -2.00. The zero-order valence-electron chi connectivity index (χ0n) is 5.62. The van der Waals surface area contributed by atoms with Gasteiger partial charge in [0.2, 0.25) is 0 Å². The van der Waals surface area contributed by atoms with Crippen molar-refractivity contribution in [1.29, 1.82) is 0 Å². The minimum Gasteiger partial charge on any atom is -0.430 e. The molecule has 1 heterocycles. The van der Waals surface area contributed by atoms with Crippen molar-refractivity contribution in [3.05, 3.63) is 0 Å². The standard InChI is InChI=1S/C6H8O4/c1-4(7)2-5-3-9-6(8)10-5/h5H,2-3H2,1H3. The molecule has 10 heavy (non-hydrogen) atoms. The molecular weight excluding hydrogens is 136 g/mol. The number of ether oxygens (including phenoxy) is 2. The first-order valence-corrected chi connectivity index (χ1v) is 3.01. The lowest BCUT2D eigenvalue weighted by molar-refractivity contribution is -0.118. The number of hydrogen-bond donors (Lipinski definition) is 0. The second-order valence-corrected chi connectivity index (χ2v) is 2.21. The van der Waals surface area contributed by atoms with Crippen LogP contribution in [0.2, 0.25) is 0 Å². The minimum absolute atomic E-state index is 0.00306. The Kier molecular flexibility index (Phi) is 1.89. The largest absolute Gasteiger partial charge is 0.508 e. The first-order chi connectivity index (χ1) is 4.68. The van der Waals surface area contributed by atoms with E-state index in [0.717, 1.165) is 0 Å². The van der Waals surface area contributed by atoms with Crippen LogP contribution in [0.25, 0.3) is 0 Å². The summed E-state index contributed by atoms with van der Waals surface area (Å²) in [6.45, 7) is 1.66. The maximum Gasteiger partial charge on any atom is 0.508 e. The molecule has 0 N–H and O–H groups in total. The van der Waals surface area contributed by atoms with Crippen LogP contribution >= 0.6 is 0 Å². The van der Waals surface area contributed by atoms with Crippen LogP contribution in [0.4, 0.5) is 4.79 Å². The number of hydrogen-bond acceptors (Lipinski definition) is 4. The Hall–Kier alpha value is -1.06. The highest BCUT2D eigenvalue weighted by Gasteiger charge is 2.25. The van der Waals surface area contributed by atoms with E-state index in [1.54, 1.807) is 0 Å². The predicted molar refractivity (Wildman–Crippen MR) is 31.5 cm³/mol. The van der Waals surface area contributed by atoms with Crippen molar-refractivity contribution in [3.63, 3.8) is 0 Å². The number of carbonyl (C=O) groups excluding carboxylic acids is 2. The summed E-state index contributed by atoms with van der Waals surface area (Å²) in [5, 5.41) is 0. The van der Waals surface area contributed by atoms with Crippen molar-refractivity contribution in [2.45, 2.75) is 19.4 Å². The Morgan fingerprint density at radius 3 is 2.90 bits per heavy atom. The first-order valence-electron chi connectivity index (χ1n) is 3.01. The van der Waals surface area contributed by atoms with Gasteiger partial charge in [-0.25, -0.2) is 4.79 Å². The van der Waals surface area contributed by atoms with Gasteiger partial charge in [-0.1, -0.05) is 0 Å². The highest BCUT2D eigenvalue weighted by molar-refractivity contribution is 5.76. The second-order valence-electron chi connectivity index (χ2n) is 2.21. The lowest BCUT2D eigenvalue weighted by atomic mass is 10.2. The van der Waals surface area contributed by atoms with Gasteiger partial charge in [-0.15, -0.1) is 0 Å². The number of rotatable bonds is 2. The van der Waals surface area contributed by atoms with E-state index in [-0.39, 0.29) is 24.9 Å². The van der Waals surface area contributed by atoms with Crippen molar-refractivity contribution >= 4 is 11.9 Å². The van der Waals surface area contributed by atoms with Crippen LogP contribution in [0.5, 0.6) is 0 Å². The van der Waals surface area contributed by atoms with E-state index in [4.69, 9.17) is 0 Å².